The van der Waals surface area contributed by atoms with Crippen molar-refractivity contribution in [2.45, 2.75) is 44.6 Å². The van der Waals surface area contributed by atoms with Gasteiger partial charge in [-0.15, -0.1) is 0 Å². The molecule has 2 N–H and O–H groups in total. The molecule has 0 amide bonds. The number of rotatable bonds is 2. The van der Waals surface area contributed by atoms with Crippen molar-refractivity contribution in [2.75, 3.05) is 6.61 Å². The van der Waals surface area contributed by atoms with E-state index in [1.54, 1.807) is 0 Å². The summed E-state index contributed by atoms with van der Waals surface area (Å²) in [5.74, 6) is -2.44. The average Bonchev–Trinajstić information content (AvgIpc) is 3.01. The number of nitrogens with zero attached hydrogens (tertiary/aromatic N) is 3. The SMILES string of the molecule is Cc1ncc2c(n1)CN([C@H]1CO[C@H](c3cc(F)c(F)cc3F)[C@@H](N)C1)C2. The van der Waals surface area contributed by atoms with E-state index in [-0.39, 0.29) is 11.6 Å². The van der Waals surface area contributed by atoms with Gasteiger partial charge in [0.1, 0.15) is 17.7 Å². The van der Waals surface area contributed by atoms with Gasteiger partial charge in [-0.05, 0) is 19.4 Å². The lowest BCUT2D eigenvalue weighted by atomic mass is 9.93. The Morgan fingerprint density at radius 3 is 2.69 bits per heavy atom. The number of halogens is 3. The van der Waals surface area contributed by atoms with Gasteiger partial charge in [-0.2, -0.15) is 0 Å². The molecule has 5 nitrogen and oxygen atoms in total. The smallest absolute Gasteiger partial charge is 0.161 e. The van der Waals surface area contributed by atoms with Crippen LogP contribution in [0.2, 0.25) is 0 Å². The molecule has 0 saturated carbocycles. The largest absolute Gasteiger partial charge is 0.370 e. The van der Waals surface area contributed by atoms with E-state index in [4.69, 9.17) is 10.5 Å². The summed E-state index contributed by atoms with van der Waals surface area (Å²) < 4.78 is 46.4. The van der Waals surface area contributed by atoms with Crippen molar-refractivity contribution in [3.8, 4) is 0 Å². The highest BCUT2D eigenvalue weighted by molar-refractivity contribution is 5.25. The first kappa shape index (κ1) is 17.4. The highest BCUT2D eigenvalue weighted by atomic mass is 19.2. The molecule has 8 heteroatoms. The van der Waals surface area contributed by atoms with Crippen LogP contribution in [0.1, 0.15) is 35.2 Å². The maximum Gasteiger partial charge on any atom is 0.161 e. The Morgan fingerprint density at radius 1 is 1.15 bits per heavy atom. The molecule has 1 saturated heterocycles. The normalized spacial score (nSPS) is 26.1. The number of hydrogen-bond donors (Lipinski definition) is 1. The predicted octanol–water partition coefficient (Wildman–Crippen LogP) is 2.38. The van der Waals surface area contributed by atoms with Crippen LogP contribution in [0.3, 0.4) is 0 Å². The van der Waals surface area contributed by atoms with Crippen molar-refractivity contribution in [3.05, 3.63) is 58.4 Å². The molecule has 0 aliphatic carbocycles. The number of benzene rings is 1. The van der Waals surface area contributed by atoms with E-state index in [1.807, 2.05) is 13.1 Å². The molecule has 2 aromatic rings. The molecule has 1 aromatic carbocycles. The Labute approximate surface area is 149 Å². The molecule has 4 rings (SSSR count). The van der Waals surface area contributed by atoms with E-state index < -0.39 is 29.6 Å². The Balaban J connectivity index is 1.47. The van der Waals surface area contributed by atoms with E-state index in [9.17, 15) is 13.2 Å². The zero-order chi connectivity index (χ0) is 18.4. The maximum absolute atomic E-state index is 14.0. The summed E-state index contributed by atoms with van der Waals surface area (Å²) in [6, 6.07) is 0.888. The van der Waals surface area contributed by atoms with Crippen LogP contribution in [0, 0.1) is 24.4 Å². The minimum Gasteiger partial charge on any atom is -0.370 e. The van der Waals surface area contributed by atoms with Crippen molar-refractivity contribution < 1.29 is 17.9 Å². The van der Waals surface area contributed by atoms with Gasteiger partial charge in [0.15, 0.2) is 11.6 Å². The fourth-order valence-electron chi connectivity index (χ4n) is 3.71. The summed E-state index contributed by atoms with van der Waals surface area (Å²) >= 11 is 0. The van der Waals surface area contributed by atoms with Crippen LogP contribution < -0.4 is 5.73 Å². The van der Waals surface area contributed by atoms with Crippen molar-refractivity contribution in [1.29, 1.82) is 0 Å². The first-order valence-electron chi connectivity index (χ1n) is 8.49. The Kier molecular flexibility index (Phi) is 4.42. The lowest BCUT2D eigenvalue weighted by Crippen LogP contribution is -2.47. The Morgan fingerprint density at radius 2 is 1.92 bits per heavy atom. The van der Waals surface area contributed by atoms with Crippen LogP contribution in [0.5, 0.6) is 0 Å². The van der Waals surface area contributed by atoms with E-state index in [2.05, 4.69) is 14.9 Å². The van der Waals surface area contributed by atoms with Crippen LogP contribution in [0.4, 0.5) is 13.2 Å². The number of ether oxygens (including phenoxy) is 1. The van der Waals surface area contributed by atoms with Gasteiger partial charge in [0.05, 0.1) is 12.3 Å². The van der Waals surface area contributed by atoms with Crippen LogP contribution in [0.25, 0.3) is 0 Å². The first-order chi connectivity index (χ1) is 12.4. The third-order valence-corrected chi connectivity index (χ3v) is 5.06. The van der Waals surface area contributed by atoms with E-state index >= 15 is 0 Å². The highest BCUT2D eigenvalue weighted by Crippen LogP contribution is 2.34. The Bertz CT molecular complexity index is 847. The second-order valence-corrected chi connectivity index (χ2v) is 6.89. The topological polar surface area (TPSA) is 64.3 Å². The van der Waals surface area contributed by atoms with Crippen LogP contribution >= 0.6 is 0 Å². The fraction of sp³-hybridized carbons (Fsp3) is 0.444. The average molecular weight is 364 g/mol. The third-order valence-electron chi connectivity index (χ3n) is 5.06. The van der Waals surface area contributed by atoms with E-state index in [0.29, 0.717) is 32.2 Å². The van der Waals surface area contributed by atoms with Gasteiger partial charge in [-0.25, -0.2) is 23.1 Å². The molecule has 138 valence electrons. The fourth-order valence-corrected chi connectivity index (χ4v) is 3.71. The first-order valence-corrected chi connectivity index (χ1v) is 8.49. The molecule has 2 aliphatic rings. The van der Waals surface area contributed by atoms with Gasteiger partial charge in [-0.1, -0.05) is 0 Å². The zero-order valence-corrected chi connectivity index (χ0v) is 14.3. The van der Waals surface area contributed by atoms with Gasteiger partial charge >= 0.3 is 0 Å². The summed E-state index contributed by atoms with van der Waals surface area (Å²) in [5, 5.41) is 0. The highest BCUT2D eigenvalue weighted by Gasteiger charge is 2.37. The Hall–Kier alpha value is -2.03. The second-order valence-electron chi connectivity index (χ2n) is 6.89. The monoisotopic (exact) mass is 364 g/mol. The van der Waals surface area contributed by atoms with Gasteiger partial charge in [0.25, 0.3) is 0 Å². The van der Waals surface area contributed by atoms with Gasteiger partial charge in [-0.3, -0.25) is 4.90 Å². The van der Waals surface area contributed by atoms with Gasteiger partial charge in [0.2, 0.25) is 0 Å². The quantitative estimate of drug-likeness (QED) is 0.829. The number of hydrogen-bond acceptors (Lipinski definition) is 5. The summed E-state index contributed by atoms with van der Waals surface area (Å²) in [7, 11) is 0. The van der Waals surface area contributed by atoms with Crippen molar-refractivity contribution in [3.63, 3.8) is 0 Å². The molecule has 0 radical (unpaired) electrons. The van der Waals surface area contributed by atoms with Crippen LogP contribution in [-0.2, 0) is 17.8 Å². The molecular weight excluding hydrogens is 345 g/mol. The molecule has 2 aliphatic heterocycles. The van der Waals surface area contributed by atoms with E-state index in [0.717, 1.165) is 23.1 Å². The molecular formula is C18H19F3N4O. The maximum atomic E-state index is 14.0. The molecule has 0 unspecified atom stereocenters. The summed E-state index contributed by atoms with van der Waals surface area (Å²) in [6.45, 7) is 3.57. The molecule has 26 heavy (non-hydrogen) atoms. The molecule has 0 bridgehead atoms. The standard InChI is InChI=1S/C18H19F3N4O/c1-9-23-5-10-6-25(7-17(10)24-9)11-2-16(22)18(26-8-11)12-3-14(20)15(21)4-13(12)19/h3-5,11,16,18H,2,6-8,22H2,1H3/t11-,16+,18-/m1/s1. The number of aryl methyl sites for hydroxylation is 1. The summed E-state index contributed by atoms with van der Waals surface area (Å²) in [6.07, 6.45) is 1.60. The van der Waals surface area contributed by atoms with Gasteiger partial charge < -0.3 is 10.5 Å². The predicted molar refractivity (Wildman–Crippen MR) is 87.4 cm³/mol. The lowest BCUT2D eigenvalue weighted by Gasteiger charge is -2.38. The molecule has 3 atom stereocenters. The third kappa shape index (κ3) is 3.08. The molecule has 3 heterocycles. The van der Waals surface area contributed by atoms with Crippen molar-refractivity contribution >= 4 is 0 Å². The molecule has 0 spiro atoms. The number of nitrogens with two attached hydrogens (primary N) is 1. The van der Waals surface area contributed by atoms with Crippen LogP contribution in [-0.4, -0.2) is 33.6 Å². The zero-order valence-electron chi connectivity index (χ0n) is 14.3. The summed E-state index contributed by atoms with van der Waals surface area (Å²) in [4.78, 5) is 10.9. The summed E-state index contributed by atoms with van der Waals surface area (Å²) in [5.41, 5.74) is 8.23. The second kappa shape index (κ2) is 6.61. The number of aromatic nitrogens is 2. The molecule has 1 aromatic heterocycles. The minimum atomic E-state index is -1.22. The lowest BCUT2D eigenvalue weighted by molar-refractivity contribution is -0.0532. The number of fused-ring (bicyclic) bond motifs is 1. The van der Waals surface area contributed by atoms with Crippen molar-refractivity contribution in [1.82, 2.24) is 14.9 Å². The van der Waals surface area contributed by atoms with Gasteiger partial charge in [0, 0.05) is 48.6 Å². The van der Waals surface area contributed by atoms with E-state index in [1.165, 1.54) is 0 Å². The minimum absolute atomic E-state index is 0.0407. The molecule has 1 fully saturated rings. The van der Waals surface area contributed by atoms with Crippen molar-refractivity contribution in [2.24, 2.45) is 5.73 Å². The van der Waals surface area contributed by atoms with Crippen LogP contribution in [0.15, 0.2) is 18.3 Å².